The molecule has 0 radical (unpaired) electrons. The second kappa shape index (κ2) is 5.10. The summed E-state index contributed by atoms with van der Waals surface area (Å²) in [6.07, 6.45) is 1.65. The van der Waals surface area contributed by atoms with Crippen LogP contribution in [0.25, 0.3) is 11.5 Å². The van der Waals surface area contributed by atoms with Crippen LogP contribution in [0, 0.1) is 0 Å². The highest BCUT2D eigenvalue weighted by atomic mass is 16.7. The minimum atomic E-state index is -0.452. The average Bonchev–Trinajstić information content (AvgIpc) is 3.35. The number of fused-ring (bicyclic) bond motifs is 2. The quantitative estimate of drug-likeness (QED) is 0.723. The Kier molecular flexibility index (Phi) is 2.96. The number of hydrogen-bond acceptors (Lipinski definition) is 7. The summed E-state index contributed by atoms with van der Waals surface area (Å²) in [5.41, 5.74) is 2.35. The number of hydrogen-bond donors (Lipinski definition) is 0. The molecular formula is C18H16N2O5. The number of nitrogens with zero attached hydrogens (tertiary/aromatic N) is 2. The lowest BCUT2D eigenvalue weighted by molar-refractivity contribution is 0.124. The highest BCUT2D eigenvalue weighted by Gasteiger charge is 2.32. The molecule has 2 aliphatic heterocycles. The van der Waals surface area contributed by atoms with Crippen molar-refractivity contribution in [1.82, 2.24) is 10.1 Å². The molecule has 0 saturated heterocycles. The van der Waals surface area contributed by atoms with Crippen LogP contribution in [0.4, 0.5) is 0 Å². The first-order valence-electron chi connectivity index (χ1n) is 8.04. The van der Waals surface area contributed by atoms with Gasteiger partial charge in [-0.1, -0.05) is 11.2 Å². The smallest absolute Gasteiger partial charge is 0.261 e. The molecule has 0 N–H and O–H groups in total. The largest absolute Gasteiger partial charge is 0.466 e. The summed E-state index contributed by atoms with van der Waals surface area (Å²) in [6, 6.07) is 5.86. The molecule has 2 aromatic heterocycles. The van der Waals surface area contributed by atoms with Crippen LogP contribution in [0.15, 0.2) is 33.4 Å². The van der Waals surface area contributed by atoms with Crippen molar-refractivity contribution in [3.63, 3.8) is 0 Å². The monoisotopic (exact) mass is 340 g/mol. The van der Waals surface area contributed by atoms with E-state index in [1.807, 2.05) is 32.0 Å². The summed E-state index contributed by atoms with van der Waals surface area (Å²) in [7, 11) is 0. The molecule has 2 aliphatic rings. The zero-order valence-electron chi connectivity index (χ0n) is 13.9. The summed E-state index contributed by atoms with van der Waals surface area (Å²) in [5.74, 6) is 3.35. The molecule has 25 heavy (non-hydrogen) atoms. The van der Waals surface area contributed by atoms with E-state index in [9.17, 15) is 0 Å². The van der Waals surface area contributed by atoms with Gasteiger partial charge in [-0.05, 0) is 31.5 Å². The van der Waals surface area contributed by atoms with E-state index in [1.54, 1.807) is 6.26 Å². The van der Waals surface area contributed by atoms with E-state index in [0.717, 1.165) is 33.9 Å². The number of furan rings is 1. The van der Waals surface area contributed by atoms with Crippen molar-refractivity contribution in [3.05, 3.63) is 47.2 Å². The molecule has 0 fully saturated rings. The van der Waals surface area contributed by atoms with E-state index < -0.39 is 5.41 Å². The van der Waals surface area contributed by atoms with Crippen LogP contribution >= 0.6 is 0 Å². The van der Waals surface area contributed by atoms with Gasteiger partial charge >= 0.3 is 0 Å². The predicted octanol–water partition coefficient (Wildman–Crippen LogP) is 3.41. The number of rotatable bonds is 3. The Hall–Kier alpha value is -2.80. The molecule has 1 aromatic carbocycles. The third-order valence-electron chi connectivity index (χ3n) is 4.77. The van der Waals surface area contributed by atoms with Crippen LogP contribution in [0.1, 0.15) is 36.6 Å². The molecule has 128 valence electrons. The fraction of sp³-hybridized carbons (Fsp3) is 0.333. The van der Waals surface area contributed by atoms with Gasteiger partial charge in [0, 0.05) is 5.56 Å². The molecule has 5 rings (SSSR count). The van der Waals surface area contributed by atoms with Gasteiger partial charge in [0.05, 0.1) is 17.6 Å². The van der Waals surface area contributed by atoms with Gasteiger partial charge in [0.2, 0.25) is 6.79 Å². The minimum absolute atomic E-state index is 0.249. The number of ether oxygens (including phenoxy) is 3. The first-order valence-corrected chi connectivity index (χ1v) is 8.04. The lowest BCUT2D eigenvalue weighted by atomic mass is 9.83. The van der Waals surface area contributed by atoms with E-state index >= 15 is 0 Å². The van der Waals surface area contributed by atoms with Crippen molar-refractivity contribution in [2.75, 3.05) is 6.79 Å². The predicted molar refractivity (Wildman–Crippen MR) is 85.2 cm³/mol. The third kappa shape index (κ3) is 2.16. The van der Waals surface area contributed by atoms with Crippen molar-refractivity contribution in [2.45, 2.75) is 32.5 Å². The van der Waals surface area contributed by atoms with E-state index in [0.29, 0.717) is 24.9 Å². The second-order valence-corrected chi connectivity index (χ2v) is 6.66. The molecular weight excluding hydrogens is 324 g/mol. The van der Waals surface area contributed by atoms with Gasteiger partial charge in [-0.15, -0.1) is 0 Å². The number of benzene rings is 1. The van der Waals surface area contributed by atoms with Crippen LogP contribution in [0.2, 0.25) is 0 Å². The maximum atomic E-state index is 5.51. The summed E-state index contributed by atoms with van der Waals surface area (Å²) in [4.78, 5) is 4.61. The van der Waals surface area contributed by atoms with Crippen LogP contribution in [0.5, 0.6) is 11.5 Å². The van der Waals surface area contributed by atoms with E-state index in [4.69, 9.17) is 23.2 Å². The van der Waals surface area contributed by atoms with Crippen molar-refractivity contribution < 1.29 is 23.2 Å². The summed E-state index contributed by atoms with van der Waals surface area (Å²) < 4.78 is 27.2. The standard InChI is InChI=1S/C18H16N2O5/c1-18(2,10-3-4-13-14(5-10)24-9-23-13)17-19-16(25-20-17)12-7-22-15-8-21-6-11(12)15/h3-5,7H,6,8-9H2,1-2H3. The highest BCUT2D eigenvalue weighted by molar-refractivity contribution is 5.59. The lowest BCUT2D eigenvalue weighted by Crippen LogP contribution is -2.20. The van der Waals surface area contributed by atoms with Gasteiger partial charge in [-0.2, -0.15) is 4.98 Å². The van der Waals surface area contributed by atoms with Gasteiger partial charge in [-0.25, -0.2) is 0 Å². The van der Waals surface area contributed by atoms with Gasteiger partial charge in [0.1, 0.15) is 18.6 Å². The molecule has 4 heterocycles. The molecule has 7 nitrogen and oxygen atoms in total. The van der Waals surface area contributed by atoms with Crippen LogP contribution < -0.4 is 9.47 Å². The molecule has 0 atom stereocenters. The zero-order chi connectivity index (χ0) is 17.0. The van der Waals surface area contributed by atoms with Crippen molar-refractivity contribution >= 4 is 0 Å². The molecule has 0 unspecified atom stereocenters. The molecule has 0 spiro atoms. The average molecular weight is 340 g/mol. The lowest BCUT2D eigenvalue weighted by Gasteiger charge is -2.21. The fourth-order valence-corrected chi connectivity index (χ4v) is 3.13. The molecule has 7 heteroatoms. The normalized spacial score (nSPS) is 15.6. The molecule has 3 aromatic rings. The van der Waals surface area contributed by atoms with Crippen molar-refractivity contribution in [2.24, 2.45) is 0 Å². The maximum absolute atomic E-state index is 5.51. The SMILES string of the molecule is CC(C)(c1ccc2c(c1)OCO2)c1noc(-c2coc3c2COC3)n1. The van der Waals surface area contributed by atoms with Gasteiger partial charge < -0.3 is 23.2 Å². The van der Waals surface area contributed by atoms with E-state index in [1.165, 1.54) is 0 Å². The van der Waals surface area contributed by atoms with E-state index in [2.05, 4.69) is 10.1 Å². The summed E-state index contributed by atoms with van der Waals surface area (Å²) >= 11 is 0. The van der Waals surface area contributed by atoms with Crippen LogP contribution in [-0.2, 0) is 23.4 Å². The Balaban J connectivity index is 1.51. The molecule has 0 aliphatic carbocycles. The molecule has 0 bridgehead atoms. The fourth-order valence-electron chi connectivity index (χ4n) is 3.13. The van der Waals surface area contributed by atoms with Gasteiger partial charge in [0.25, 0.3) is 5.89 Å². The van der Waals surface area contributed by atoms with Gasteiger partial charge in [0.15, 0.2) is 17.3 Å². The molecule has 0 amide bonds. The summed E-state index contributed by atoms with van der Waals surface area (Å²) in [5, 5.41) is 4.20. The zero-order valence-corrected chi connectivity index (χ0v) is 13.9. The Morgan fingerprint density at radius 1 is 1.08 bits per heavy atom. The Morgan fingerprint density at radius 2 is 1.96 bits per heavy atom. The Bertz CT molecular complexity index is 956. The Labute approximate surface area is 143 Å². The minimum Gasteiger partial charge on any atom is -0.466 e. The number of aromatic nitrogens is 2. The first kappa shape index (κ1) is 14.5. The second-order valence-electron chi connectivity index (χ2n) is 6.66. The first-order chi connectivity index (χ1) is 12.1. The van der Waals surface area contributed by atoms with Gasteiger partial charge in [-0.3, -0.25) is 0 Å². The molecule has 0 saturated carbocycles. The van der Waals surface area contributed by atoms with Crippen molar-refractivity contribution in [3.8, 4) is 23.0 Å². The van der Waals surface area contributed by atoms with Crippen LogP contribution in [0.3, 0.4) is 0 Å². The summed E-state index contributed by atoms with van der Waals surface area (Å²) in [6.45, 7) is 5.33. The third-order valence-corrected chi connectivity index (χ3v) is 4.77. The highest BCUT2D eigenvalue weighted by Crippen LogP contribution is 2.39. The maximum Gasteiger partial charge on any atom is 0.261 e. The topological polar surface area (TPSA) is 79.8 Å². The van der Waals surface area contributed by atoms with Crippen LogP contribution in [-0.4, -0.2) is 16.9 Å². The Morgan fingerprint density at radius 3 is 2.88 bits per heavy atom. The van der Waals surface area contributed by atoms with E-state index in [-0.39, 0.29) is 6.79 Å². The van der Waals surface area contributed by atoms with Crippen molar-refractivity contribution in [1.29, 1.82) is 0 Å².